The van der Waals surface area contributed by atoms with Gasteiger partial charge in [0.2, 0.25) is 5.79 Å². The number of fused-ring (bicyclic) bond motifs is 2. The van der Waals surface area contributed by atoms with Crippen molar-refractivity contribution in [3.8, 4) is 11.5 Å². The smallest absolute Gasteiger partial charge is 0.410 e. The van der Waals surface area contributed by atoms with Gasteiger partial charge in [0.05, 0.1) is 18.2 Å². The molecule has 0 spiro atoms. The van der Waals surface area contributed by atoms with E-state index < -0.39 is 23.8 Å². The summed E-state index contributed by atoms with van der Waals surface area (Å²) in [6.45, 7) is 11.2. The van der Waals surface area contributed by atoms with Crippen LogP contribution in [0.2, 0.25) is 0 Å². The maximum absolute atomic E-state index is 14.3. The maximum atomic E-state index is 14.3. The van der Waals surface area contributed by atoms with Crippen LogP contribution < -0.4 is 9.47 Å². The van der Waals surface area contributed by atoms with Crippen LogP contribution in [0.5, 0.6) is 11.5 Å². The Labute approximate surface area is 308 Å². The van der Waals surface area contributed by atoms with Gasteiger partial charge in [0.1, 0.15) is 37.9 Å². The maximum Gasteiger partial charge on any atom is 0.410 e. The molecule has 1 heterocycles. The SMILES string of the molecule is C=CCOc1ccc2c(c1)C1C(CCCCO)C(CCCCO)C=C3C(=NOC)CC(N(CCC)C(=O)OCc4ccccc4)C(OCC=C)(O2)C31. The van der Waals surface area contributed by atoms with Crippen LogP contribution in [-0.2, 0) is 20.9 Å². The topological polar surface area (TPSA) is 119 Å². The quantitative estimate of drug-likeness (QED) is 0.0819. The summed E-state index contributed by atoms with van der Waals surface area (Å²) in [5, 5.41) is 24.2. The summed E-state index contributed by atoms with van der Waals surface area (Å²) < 4.78 is 26.2. The van der Waals surface area contributed by atoms with Crippen LogP contribution in [-0.4, -0.2) is 78.8 Å². The third-order valence-corrected chi connectivity index (χ3v) is 10.5. The van der Waals surface area contributed by atoms with Crippen LogP contribution in [0.25, 0.3) is 0 Å². The van der Waals surface area contributed by atoms with Gasteiger partial charge in [-0.25, -0.2) is 4.79 Å². The van der Waals surface area contributed by atoms with Gasteiger partial charge < -0.3 is 34.0 Å². The lowest BCUT2D eigenvalue weighted by molar-refractivity contribution is -0.255. The van der Waals surface area contributed by atoms with Crippen molar-refractivity contribution in [2.24, 2.45) is 22.9 Å². The average molecular weight is 717 g/mol. The van der Waals surface area contributed by atoms with Crippen LogP contribution in [0.4, 0.5) is 4.79 Å². The van der Waals surface area contributed by atoms with Crippen molar-refractivity contribution < 1.29 is 38.8 Å². The van der Waals surface area contributed by atoms with Crippen LogP contribution in [0, 0.1) is 17.8 Å². The molecule has 1 saturated carbocycles. The Morgan fingerprint density at radius 2 is 1.79 bits per heavy atom. The molecule has 2 aromatic rings. The highest BCUT2D eigenvalue weighted by atomic mass is 16.7. The first-order valence-electron chi connectivity index (χ1n) is 18.8. The zero-order valence-corrected chi connectivity index (χ0v) is 30.8. The molecular formula is C42H56N2O8. The summed E-state index contributed by atoms with van der Waals surface area (Å²) in [6, 6.07) is 14.9. The number of ether oxygens (including phenoxy) is 4. The van der Waals surface area contributed by atoms with E-state index in [9.17, 15) is 15.0 Å². The van der Waals surface area contributed by atoms with E-state index in [0.29, 0.717) is 50.3 Å². The number of benzene rings is 2. The molecule has 0 aromatic heterocycles. The molecule has 52 heavy (non-hydrogen) atoms. The molecule has 1 aliphatic heterocycles. The minimum atomic E-state index is -1.33. The minimum Gasteiger partial charge on any atom is -0.490 e. The highest BCUT2D eigenvalue weighted by molar-refractivity contribution is 6.02. The van der Waals surface area contributed by atoms with E-state index in [-0.39, 0.29) is 44.2 Å². The third kappa shape index (κ3) is 8.56. The molecule has 0 radical (unpaired) electrons. The number of oxime groups is 1. The zero-order chi connectivity index (χ0) is 36.9. The standard InChI is InChI=1S/C42H56N2O8/c1-5-21-44(41(47)50-29-30-15-9-8-10-16-30)38-28-36(43-48-4)34-26-31(17-11-13-22-45)33(18-12-14-23-46)39-35-27-32(49-24-6-2)19-20-37(35)52-42(38,40(34)39)51-25-7-3/h6-10,15-16,19-20,26-27,31,33,38-40,45-46H,2-3,5,11-14,17-18,21-25,28-29H2,1,4H3. The van der Waals surface area contributed by atoms with E-state index in [1.165, 1.54) is 0 Å². The van der Waals surface area contributed by atoms with Gasteiger partial charge in [-0.2, -0.15) is 0 Å². The number of allylic oxidation sites excluding steroid dienone is 1. The highest BCUT2D eigenvalue weighted by Gasteiger charge is 2.65. The van der Waals surface area contributed by atoms with Crippen molar-refractivity contribution in [2.75, 3.05) is 40.1 Å². The van der Waals surface area contributed by atoms with Crippen molar-refractivity contribution in [1.82, 2.24) is 4.90 Å². The lowest BCUT2D eigenvalue weighted by atomic mass is 9.55. The molecule has 0 bridgehead atoms. The molecule has 1 fully saturated rings. The summed E-state index contributed by atoms with van der Waals surface area (Å²) in [7, 11) is 1.54. The molecule has 6 unspecified atom stereocenters. The average Bonchev–Trinajstić information content (AvgIpc) is 3.16. The fourth-order valence-corrected chi connectivity index (χ4v) is 8.42. The molecule has 5 rings (SSSR count). The Hall–Kier alpha value is -4.12. The summed E-state index contributed by atoms with van der Waals surface area (Å²) in [5.41, 5.74) is 3.62. The summed E-state index contributed by atoms with van der Waals surface area (Å²) in [6.07, 6.45) is 11.1. The Bertz CT molecular complexity index is 1540. The van der Waals surface area contributed by atoms with Gasteiger partial charge in [0.25, 0.3) is 0 Å². The van der Waals surface area contributed by atoms with Crippen molar-refractivity contribution in [1.29, 1.82) is 0 Å². The Morgan fingerprint density at radius 1 is 1.04 bits per heavy atom. The van der Waals surface area contributed by atoms with Crippen molar-refractivity contribution in [2.45, 2.75) is 82.6 Å². The number of carbonyl (C=O) groups excluding carboxylic acids is 1. The second kappa shape index (κ2) is 19.1. The molecule has 10 heteroatoms. The Balaban J connectivity index is 1.71. The number of amides is 1. The van der Waals surface area contributed by atoms with E-state index in [0.717, 1.165) is 48.1 Å². The normalized spacial score (nSPS) is 25.2. The number of nitrogens with zero attached hydrogens (tertiary/aromatic N) is 2. The molecule has 10 nitrogen and oxygen atoms in total. The Kier molecular flexibility index (Phi) is 14.4. The predicted octanol–water partition coefficient (Wildman–Crippen LogP) is 7.56. The predicted molar refractivity (Wildman–Crippen MR) is 201 cm³/mol. The number of rotatable bonds is 20. The number of aliphatic hydroxyl groups excluding tert-OH is 2. The van der Waals surface area contributed by atoms with E-state index in [1.807, 2.05) is 49.4 Å². The fourth-order valence-electron chi connectivity index (χ4n) is 8.42. The largest absolute Gasteiger partial charge is 0.490 e. The monoisotopic (exact) mass is 716 g/mol. The minimum absolute atomic E-state index is 0.118. The van der Waals surface area contributed by atoms with Gasteiger partial charge in [-0.05, 0) is 73.3 Å². The van der Waals surface area contributed by atoms with Gasteiger partial charge in [0.15, 0.2) is 0 Å². The molecule has 3 aliphatic rings. The van der Waals surface area contributed by atoms with Gasteiger partial charge >= 0.3 is 6.09 Å². The lowest BCUT2D eigenvalue weighted by Crippen LogP contribution is -2.70. The molecule has 1 amide bonds. The summed E-state index contributed by atoms with van der Waals surface area (Å²) in [4.78, 5) is 21.5. The first-order chi connectivity index (χ1) is 25.5. The van der Waals surface area contributed by atoms with Gasteiger partial charge in [-0.1, -0.05) is 80.1 Å². The van der Waals surface area contributed by atoms with Crippen LogP contribution in [0.3, 0.4) is 0 Å². The van der Waals surface area contributed by atoms with Gasteiger partial charge in [0, 0.05) is 37.7 Å². The van der Waals surface area contributed by atoms with Crippen molar-refractivity contribution in [3.63, 3.8) is 0 Å². The first kappa shape index (κ1) is 39.1. The van der Waals surface area contributed by atoms with Crippen molar-refractivity contribution in [3.05, 3.63) is 96.6 Å². The second-order valence-electron chi connectivity index (χ2n) is 13.8. The molecule has 2 aromatic carbocycles. The lowest BCUT2D eigenvalue weighted by Gasteiger charge is -2.59. The fraction of sp³-hybridized carbons (Fsp3) is 0.524. The molecule has 6 atom stereocenters. The summed E-state index contributed by atoms with van der Waals surface area (Å²) in [5.74, 6) is -0.216. The van der Waals surface area contributed by atoms with Crippen LogP contribution in [0.15, 0.2) is 90.6 Å². The highest BCUT2D eigenvalue weighted by Crippen LogP contribution is 2.62. The van der Waals surface area contributed by atoms with E-state index in [4.69, 9.17) is 23.8 Å². The van der Waals surface area contributed by atoms with Crippen LogP contribution >= 0.6 is 0 Å². The summed E-state index contributed by atoms with van der Waals surface area (Å²) >= 11 is 0. The number of hydrogen-bond donors (Lipinski definition) is 2. The molecule has 2 N–H and O–H groups in total. The van der Waals surface area contributed by atoms with Gasteiger partial charge in [-0.15, -0.1) is 6.58 Å². The Morgan fingerprint density at radius 3 is 2.48 bits per heavy atom. The van der Waals surface area contributed by atoms with Crippen molar-refractivity contribution >= 4 is 11.8 Å². The molecule has 0 saturated heterocycles. The number of aliphatic hydroxyl groups is 2. The molecule has 2 aliphatic carbocycles. The number of carbonyl (C=O) groups is 1. The van der Waals surface area contributed by atoms with E-state index in [2.05, 4.69) is 30.5 Å². The van der Waals surface area contributed by atoms with E-state index >= 15 is 0 Å². The van der Waals surface area contributed by atoms with Crippen LogP contribution in [0.1, 0.15) is 75.3 Å². The zero-order valence-electron chi connectivity index (χ0n) is 30.8. The number of unbranched alkanes of at least 4 members (excludes halogenated alkanes) is 2. The third-order valence-electron chi connectivity index (χ3n) is 10.5. The van der Waals surface area contributed by atoms with Gasteiger partial charge in [-0.3, -0.25) is 4.90 Å². The second-order valence-corrected chi connectivity index (χ2v) is 13.8. The van der Waals surface area contributed by atoms with E-state index in [1.54, 1.807) is 24.2 Å². The number of hydrogen-bond acceptors (Lipinski definition) is 9. The molecule has 282 valence electrons. The first-order valence-corrected chi connectivity index (χ1v) is 18.8. The molecular weight excluding hydrogens is 660 g/mol.